The summed E-state index contributed by atoms with van der Waals surface area (Å²) in [6, 6.07) is 3.41. The second-order valence-electron chi connectivity index (χ2n) is 4.83. The molecule has 1 aliphatic heterocycles. The minimum absolute atomic E-state index is 0.0411. The second kappa shape index (κ2) is 4.74. The van der Waals surface area contributed by atoms with E-state index in [1.165, 1.54) is 6.92 Å². The fourth-order valence-corrected chi connectivity index (χ4v) is 2.39. The molecule has 0 aliphatic carbocycles. The van der Waals surface area contributed by atoms with Crippen LogP contribution in [0.5, 0.6) is 5.75 Å². The highest BCUT2D eigenvalue weighted by molar-refractivity contribution is 6.30. The molecule has 1 unspecified atom stereocenters. The molecule has 1 aliphatic rings. The Balaban J connectivity index is 2.44. The molecule has 1 aromatic rings. The lowest BCUT2D eigenvalue weighted by molar-refractivity contribution is -0.153. The van der Waals surface area contributed by atoms with Crippen molar-refractivity contribution < 1.29 is 19.4 Å². The molecule has 1 heterocycles. The number of amides is 1. The fourth-order valence-electron chi connectivity index (χ4n) is 2.13. The quantitative estimate of drug-likeness (QED) is 0.817. The Kier molecular flexibility index (Phi) is 3.41. The Morgan fingerprint density at radius 2 is 2.21 bits per heavy atom. The first kappa shape index (κ1) is 13.7. The molecule has 1 amide bonds. The number of carbonyl (C=O) groups is 2. The van der Waals surface area contributed by atoms with E-state index in [0.29, 0.717) is 22.9 Å². The summed E-state index contributed by atoms with van der Waals surface area (Å²) in [4.78, 5) is 22.7. The number of nitrogens with two attached hydrogens (primary N) is 1. The molecule has 19 heavy (non-hydrogen) atoms. The molecule has 0 saturated heterocycles. The lowest BCUT2D eigenvalue weighted by atomic mass is 9.82. The lowest BCUT2D eigenvalue weighted by Gasteiger charge is -2.22. The maximum atomic E-state index is 11.4. The number of rotatable bonds is 4. The SMILES string of the molecule is CC(Cc1cc(Cl)cc2c1OCC2)(C(N)=O)C(=O)O. The van der Waals surface area contributed by atoms with E-state index in [9.17, 15) is 14.7 Å². The first-order valence-electron chi connectivity index (χ1n) is 5.82. The maximum Gasteiger partial charge on any atom is 0.319 e. The van der Waals surface area contributed by atoms with Crippen LogP contribution in [0.25, 0.3) is 0 Å². The van der Waals surface area contributed by atoms with Gasteiger partial charge in [-0.2, -0.15) is 0 Å². The van der Waals surface area contributed by atoms with E-state index in [2.05, 4.69) is 0 Å². The number of carbonyl (C=O) groups excluding carboxylic acids is 1. The normalized spacial score (nSPS) is 16.3. The molecule has 1 aromatic carbocycles. The van der Waals surface area contributed by atoms with E-state index in [-0.39, 0.29) is 6.42 Å². The number of fused-ring (bicyclic) bond motifs is 1. The van der Waals surface area contributed by atoms with Gasteiger partial charge >= 0.3 is 5.97 Å². The molecule has 3 N–H and O–H groups in total. The Labute approximate surface area is 115 Å². The van der Waals surface area contributed by atoms with Gasteiger partial charge in [0.1, 0.15) is 11.2 Å². The van der Waals surface area contributed by atoms with Crippen molar-refractivity contribution in [3.8, 4) is 5.75 Å². The van der Waals surface area contributed by atoms with Crippen LogP contribution in [0.1, 0.15) is 18.1 Å². The van der Waals surface area contributed by atoms with Crippen molar-refractivity contribution in [3.05, 3.63) is 28.3 Å². The smallest absolute Gasteiger partial charge is 0.319 e. The van der Waals surface area contributed by atoms with Crippen LogP contribution in [-0.4, -0.2) is 23.6 Å². The topological polar surface area (TPSA) is 89.6 Å². The summed E-state index contributed by atoms with van der Waals surface area (Å²) in [7, 11) is 0. The molecule has 2 rings (SSSR count). The maximum absolute atomic E-state index is 11.4. The highest BCUT2D eigenvalue weighted by atomic mass is 35.5. The molecular formula is C13H14ClNO4. The highest BCUT2D eigenvalue weighted by Crippen LogP contribution is 2.36. The van der Waals surface area contributed by atoms with Crippen molar-refractivity contribution in [2.24, 2.45) is 11.1 Å². The molecule has 6 heteroatoms. The number of hydrogen-bond acceptors (Lipinski definition) is 3. The average Bonchev–Trinajstić information content (AvgIpc) is 2.76. The number of carboxylic acids is 1. The van der Waals surface area contributed by atoms with E-state index in [1.54, 1.807) is 12.1 Å². The predicted octanol–water partition coefficient (Wildman–Crippen LogP) is 1.39. The van der Waals surface area contributed by atoms with Gasteiger partial charge in [-0.15, -0.1) is 0 Å². The third-order valence-electron chi connectivity index (χ3n) is 3.39. The van der Waals surface area contributed by atoms with E-state index in [0.717, 1.165) is 12.0 Å². The molecule has 0 bridgehead atoms. The molecule has 0 saturated carbocycles. The molecule has 0 radical (unpaired) electrons. The molecule has 1 atom stereocenters. The predicted molar refractivity (Wildman–Crippen MR) is 69.3 cm³/mol. The summed E-state index contributed by atoms with van der Waals surface area (Å²) in [5, 5.41) is 9.70. The zero-order valence-corrected chi connectivity index (χ0v) is 11.2. The summed E-state index contributed by atoms with van der Waals surface area (Å²) < 4.78 is 5.49. The zero-order chi connectivity index (χ0) is 14.2. The third kappa shape index (κ3) is 2.38. The summed E-state index contributed by atoms with van der Waals surface area (Å²) in [6.45, 7) is 1.84. The summed E-state index contributed by atoms with van der Waals surface area (Å²) in [6.07, 6.45) is 0.684. The Hall–Kier alpha value is -1.75. The largest absolute Gasteiger partial charge is 0.493 e. The van der Waals surface area contributed by atoms with E-state index in [4.69, 9.17) is 22.1 Å². The minimum Gasteiger partial charge on any atom is -0.493 e. The van der Waals surface area contributed by atoms with Crippen LogP contribution < -0.4 is 10.5 Å². The molecule has 0 spiro atoms. The number of ether oxygens (including phenoxy) is 1. The third-order valence-corrected chi connectivity index (χ3v) is 3.60. The van der Waals surface area contributed by atoms with E-state index < -0.39 is 17.3 Å². The Morgan fingerprint density at radius 1 is 1.53 bits per heavy atom. The van der Waals surface area contributed by atoms with Crippen molar-refractivity contribution >= 4 is 23.5 Å². The Bertz CT molecular complexity index is 542. The van der Waals surface area contributed by atoms with E-state index >= 15 is 0 Å². The van der Waals surface area contributed by atoms with Crippen molar-refractivity contribution in [1.29, 1.82) is 0 Å². The first-order chi connectivity index (χ1) is 8.84. The van der Waals surface area contributed by atoms with Crippen LogP contribution in [0.3, 0.4) is 0 Å². The van der Waals surface area contributed by atoms with Gasteiger partial charge < -0.3 is 15.6 Å². The second-order valence-corrected chi connectivity index (χ2v) is 5.27. The number of primary amides is 1. The minimum atomic E-state index is -1.68. The summed E-state index contributed by atoms with van der Waals surface area (Å²) in [5.74, 6) is -1.52. The number of halogens is 1. The lowest BCUT2D eigenvalue weighted by Crippen LogP contribution is -2.43. The van der Waals surface area contributed by atoms with Gasteiger partial charge in [0.15, 0.2) is 0 Å². The van der Waals surface area contributed by atoms with Gasteiger partial charge in [0.2, 0.25) is 5.91 Å². The van der Waals surface area contributed by atoms with Gasteiger partial charge in [-0.3, -0.25) is 9.59 Å². The molecule has 0 fully saturated rings. The monoisotopic (exact) mass is 283 g/mol. The van der Waals surface area contributed by atoms with Crippen LogP contribution >= 0.6 is 11.6 Å². The van der Waals surface area contributed by atoms with Gasteiger partial charge in [-0.1, -0.05) is 11.6 Å². The zero-order valence-electron chi connectivity index (χ0n) is 10.4. The number of carboxylic acid groups (broad SMARTS) is 1. The van der Waals surface area contributed by atoms with Crippen LogP contribution in [0.4, 0.5) is 0 Å². The number of hydrogen-bond donors (Lipinski definition) is 2. The van der Waals surface area contributed by atoms with Crippen LogP contribution in [0.15, 0.2) is 12.1 Å². The van der Waals surface area contributed by atoms with Gasteiger partial charge in [-0.05, 0) is 30.2 Å². The standard InChI is InChI=1S/C13H14ClNO4/c1-13(11(15)16,12(17)18)6-8-5-9(14)4-7-2-3-19-10(7)8/h4-5H,2-3,6H2,1H3,(H2,15,16)(H,17,18). The van der Waals surface area contributed by atoms with Gasteiger partial charge in [0.05, 0.1) is 6.61 Å². The highest BCUT2D eigenvalue weighted by Gasteiger charge is 2.41. The van der Waals surface area contributed by atoms with Crippen molar-refractivity contribution in [2.45, 2.75) is 19.8 Å². The molecule has 102 valence electrons. The number of aliphatic carboxylic acids is 1. The summed E-state index contributed by atoms with van der Waals surface area (Å²) >= 11 is 6.00. The molecule has 5 nitrogen and oxygen atoms in total. The fraction of sp³-hybridized carbons (Fsp3) is 0.385. The van der Waals surface area contributed by atoms with Crippen molar-refractivity contribution in [2.75, 3.05) is 6.61 Å². The number of benzene rings is 1. The molecule has 0 aromatic heterocycles. The molecular weight excluding hydrogens is 270 g/mol. The van der Waals surface area contributed by atoms with Crippen LogP contribution in [0, 0.1) is 5.41 Å². The van der Waals surface area contributed by atoms with Crippen LogP contribution in [-0.2, 0) is 22.4 Å². The van der Waals surface area contributed by atoms with E-state index in [1.807, 2.05) is 0 Å². The van der Waals surface area contributed by atoms with Crippen molar-refractivity contribution in [3.63, 3.8) is 0 Å². The summed E-state index contributed by atoms with van der Waals surface area (Å²) in [5.41, 5.74) is 5.06. The van der Waals surface area contributed by atoms with Gasteiger partial charge in [0, 0.05) is 17.9 Å². The average molecular weight is 284 g/mol. The van der Waals surface area contributed by atoms with Crippen LogP contribution in [0.2, 0.25) is 5.02 Å². The van der Waals surface area contributed by atoms with Crippen molar-refractivity contribution in [1.82, 2.24) is 0 Å². The van der Waals surface area contributed by atoms with Gasteiger partial charge in [-0.25, -0.2) is 0 Å². The first-order valence-corrected chi connectivity index (χ1v) is 6.20. The Morgan fingerprint density at radius 3 is 2.79 bits per heavy atom. The van der Waals surface area contributed by atoms with Gasteiger partial charge in [0.25, 0.3) is 0 Å².